The lowest BCUT2D eigenvalue weighted by molar-refractivity contribution is -0.260. The highest BCUT2D eigenvalue weighted by molar-refractivity contribution is 6.21. The number of benzene rings is 2. The molecule has 8 nitrogen and oxygen atoms in total. The largest absolute Gasteiger partial charge is 0.473 e. The Morgan fingerprint density at radius 3 is 1.35 bits per heavy atom. The Kier molecular flexibility index (Phi) is 4.89. The molecule has 0 unspecified atom stereocenters. The number of fused-ring (bicyclic) bond motifs is 1. The Labute approximate surface area is 194 Å². The summed E-state index contributed by atoms with van der Waals surface area (Å²) in [7, 11) is 2.26. The van der Waals surface area contributed by atoms with Crippen molar-refractivity contribution in [3.63, 3.8) is 0 Å². The van der Waals surface area contributed by atoms with E-state index < -0.39 is 46.5 Å². The van der Waals surface area contributed by atoms with Gasteiger partial charge in [-0.05, 0) is 0 Å². The Bertz CT molecular complexity index is 1160. The van der Waals surface area contributed by atoms with Gasteiger partial charge in [0.1, 0.15) is 23.4 Å². The molecule has 1 saturated carbocycles. The fourth-order valence-corrected chi connectivity index (χ4v) is 5.09. The van der Waals surface area contributed by atoms with Gasteiger partial charge in [0.2, 0.25) is 22.8 Å². The highest BCUT2D eigenvalue weighted by Gasteiger charge is 2.89. The molecule has 0 amide bonds. The first-order valence-electron chi connectivity index (χ1n) is 10.6. The van der Waals surface area contributed by atoms with Crippen LogP contribution in [0.2, 0.25) is 0 Å². The van der Waals surface area contributed by atoms with E-state index in [2.05, 4.69) is 0 Å². The second-order valence-corrected chi connectivity index (χ2v) is 8.15. The highest BCUT2D eigenvalue weighted by Crippen LogP contribution is 2.64. The van der Waals surface area contributed by atoms with Crippen LogP contribution >= 0.6 is 0 Å². The fraction of sp³-hybridized carbons (Fsp3) is 0.231. The summed E-state index contributed by atoms with van der Waals surface area (Å²) in [4.78, 5) is 53.0. The second kappa shape index (κ2) is 7.69. The quantitative estimate of drug-likeness (QED) is 0.641. The minimum atomic E-state index is -2.13. The molecule has 2 heterocycles. The highest BCUT2D eigenvalue weighted by atomic mass is 16.6. The first-order chi connectivity index (χ1) is 16.4. The Morgan fingerprint density at radius 1 is 0.676 bits per heavy atom. The molecule has 5 rings (SSSR count). The Hall–Kier alpha value is -4.20. The van der Waals surface area contributed by atoms with Gasteiger partial charge in [-0.25, -0.2) is 0 Å². The number of rotatable bonds is 4. The van der Waals surface area contributed by atoms with Crippen LogP contribution in [-0.2, 0) is 38.1 Å². The zero-order valence-corrected chi connectivity index (χ0v) is 18.3. The molecule has 2 aromatic rings. The molecule has 2 aromatic carbocycles. The Morgan fingerprint density at radius 2 is 1.03 bits per heavy atom. The number of methoxy groups -OCH3 is 2. The molecule has 1 fully saturated rings. The maximum Gasteiger partial charge on any atom is 0.314 e. The number of carbonyl (C=O) groups is 4. The minimum Gasteiger partial charge on any atom is -0.473 e. The summed E-state index contributed by atoms with van der Waals surface area (Å²) >= 11 is 0. The van der Waals surface area contributed by atoms with Crippen LogP contribution < -0.4 is 0 Å². The molecule has 34 heavy (non-hydrogen) atoms. The molecule has 0 N–H and O–H groups in total. The molecule has 172 valence electrons. The number of hydrogen-bond acceptors (Lipinski definition) is 8. The van der Waals surface area contributed by atoms with Crippen LogP contribution in [0.25, 0.3) is 11.5 Å². The molecule has 0 saturated heterocycles. The van der Waals surface area contributed by atoms with Crippen molar-refractivity contribution in [2.24, 2.45) is 11.8 Å². The topological polar surface area (TPSA) is 105 Å². The monoisotopic (exact) mass is 460 g/mol. The molecule has 2 spiro atoms. The van der Waals surface area contributed by atoms with Gasteiger partial charge in [-0.15, -0.1) is 0 Å². The van der Waals surface area contributed by atoms with Crippen LogP contribution in [0.1, 0.15) is 11.1 Å². The third-order valence-corrected chi connectivity index (χ3v) is 6.59. The van der Waals surface area contributed by atoms with E-state index in [4.69, 9.17) is 18.9 Å². The fourth-order valence-electron chi connectivity index (χ4n) is 5.09. The van der Waals surface area contributed by atoms with Gasteiger partial charge >= 0.3 is 11.9 Å². The van der Waals surface area contributed by atoms with E-state index in [1.807, 2.05) is 0 Å². The first-order valence-corrected chi connectivity index (χ1v) is 10.6. The summed E-state index contributed by atoms with van der Waals surface area (Å²) in [5.74, 6) is -5.71. The van der Waals surface area contributed by atoms with Crippen LogP contribution in [0.15, 0.2) is 72.8 Å². The number of ether oxygens (including phenoxy) is 4. The minimum absolute atomic E-state index is 0.159. The molecule has 1 aliphatic carbocycles. The van der Waals surface area contributed by atoms with Gasteiger partial charge in [0, 0.05) is 23.3 Å². The van der Waals surface area contributed by atoms with Gasteiger partial charge < -0.3 is 18.9 Å². The average Bonchev–Trinajstić information content (AvgIpc) is 3.42. The van der Waals surface area contributed by atoms with Crippen molar-refractivity contribution in [3.05, 3.63) is 83.9 Å². The van der Waals surface area contributed by atoms with Gasteiger partial charge in [0.25, 0.3) is 0 Å². The zero-order chi connectivity index (χ0) is 24.1. The standard InChI is InChI=1S/C26H20O8/c1-31-23(29)21-22(24(30)32-2)26(20(28)14-18(34-26)16-11-7-4-8-12-16)25(21)19(27)13-17(33-25)15-9-5-3-6-10-15/h3-14,21-22H,1-2H3/t21-,22+,25-,26+. The third-order valence-electron chi connectivity index (χ3n) is 6.59. The van der Waals surface area contributed by atoms with Crippen LogP contribution in [-0.4, -0.2) is 48.9 Å². The summed E-state index contributed by atoms with van der Waals surface area (Å²) in [6.07, 6.45) is 2.44. The predicted molar refractivity (Wildman–Crippen MR) is 117 cm³/mol. The first kappa shape index (κ1) is 21.6. The van der Waals surface area contributed by atoms with Crippen LogP contribution in [0.3, 0.4) is 0 Å². The van der Waals surface area contributed by atoms with E-state index in [-0.39, 0.29) is 11.5 Å². The van der Waals surface area contributed by atoms with Crippen molar-refractivity contribution in [1.29, 1.82) is 0 Å². The van der Waals surface area contributed by atoms with E-state index in [0.717, 1.165) is 14.2 Å². The molecule has 0 aromatic heterocycles. The normalized spacial score (nSPS) is 29.1. The predicted octanol–water partition coefficient (Wildman–Crippen LogP) is 2.34. The van der Waals surface area contributed by atoms with Gasteiger partial charge in [-0.3, -0.25) is 19.2 Å². The van der Waals surface area contributed by atoms with Crippen molar-refractivity contribution in [3.8, 4) is 0 Å². The summed E-state index contributed by atoms with van der Waals surface area (Å²) in [6, 6.07) is 17.5. The van der Waals surface area contributed by atoms with Crippen LogP contribution in [0, 0.1) is 11.8 Å². The van der Waals surface area contributed by atoms with Crippen LogP contribution in [0.5, 0.6) is 0 Å². The van der Waals surface area contributed by atoms with Crippen molar-refractivity contribution in [1.82, 2.24) is 0 Å². The lowest BCUT2D eigenvalue weighted by atomic mass is 9.47. The van der Waals surface area contributed by atoms with Gasteiger partial charge in [-0.2, -0.15) is 0 Å². The van der Waals surface area contributed by atoms with E-state index in [1.54, 1.807) is 60.7 Å². The van der Waals surface area contributed by atoms with E-state index >= 15 is 0 Å². The maximum absolute atomic E-state index is 13.6. The molecular formula is C26H20O8. The molecule has 0 bridgehead atoms. The lowest BCUT2D eigenvalue weighted by Crippen LogP contribution is -2.84. The Balaban J connectivity index is 1.66. The van der Waals surface area contributed by atoms with Gasteiger partial charge in [0.15, 0.2) is 0 Å². The van der Waals surface area contributed by atoms with Crippen LogP contribution in [0.4, 0.5) is 0 Å². The summed E-state index contributed by atoms with van der Waals surface area (Å²) < 4.78 is 22.2. The van der Waals surface area contributed by atoms with Crippen molar-refractivity contribution < 1.29 is 38.1 Å². The molecular weight excluding hydrogens is 440 g/mol. The van der Waals surface area contributed by atoms with Crippen molar-refractivity contribution in [2.75, 3.05) is 14.2 Å². The van der Waals surface area contributed by atoms with E-state index in [0.29, 0.717) is 11.1 Å². The van der Waals surface area contributed by atoms with Crippen molar-refractivity contribution >= 4 is 35.0 Å². The zero-order valence-electron chi connectivity index (χ0n) is 18.3. The molecule has 8 heteroatoms. The summed E-state index contributed by atoms with van der Waals surface area (Å²) in [5.41, 5.74) is -3.13. The average molecular weight is 460 g/mol. The van der Waals surface area contributed by atoms with E-state index in [1.165, 1.54) is 12.2 Å². The molecule has 0 radical (unpaired) electrons. The number of esters is 2. The molecule has 2 aliphatic heterocycles. The smallest absolute Gasteiger partial charge is 0.314 e. The number of carbonyl (C=O) groups excluding carboxylic acids is 4. The maximum atomic E-state index is 13.6. The van der Waals surface area contributed by atoms with Gasteiger partial charge in [-0.1, -0.05) is 60.7 Å². The summed E-state index contributed by atoms with van der Waals surface area (Å²) in [6.45, 7) is 0. The van der Waals surface area contributed by atoms with E-state index in [9.17, 15) is 19.2 Å². The van der Waals surface area contributed by atoms with Gasteiger partial charge in [0.05, 0.1) is 14.2 Å². The van der Waals surface area contributed by atoms with Crippen molar-refractivity contribution in [2.45, 2.75) is 11.2 Å². The lowest BCUT2D eigenvalue weighted by Gasteiger charge is -2.58. The summed E-state index contributed by atoms with van der Waals surface area (Å²) in [5, 5.41) is 0. The molecule has 4 atom stereocenters. The molecule has 3 aliphatic rings. The second-order valence-electron chi connectivity index (χ2n) is 8.15. The number of ketones is 2. The number of hydrogen-bond donors (Lipinski definition) is 0. The SMILES string of the molecule is COC(=O)[C@@H]1[C@H](C(=O)OC)[C@@]2(OC(c3ccccc3)=CC2=O)[C@@]12OC(c1ccccc1)=CC2=O. The third kappa shape index (κ3) is 2.65.